The van der Waals surface area contributed by atoms with E-state index in [0.717, 1.165) is 15.8 Å². The van der Waals surface area contributed by atoms with Gasteiger partial charge in [-0.3, -0.25) is 4.79 Å². The van der Waals surface area contributed by atoms with E-state index in [0.29, 0.717) is 17.3 Å². The zero-order valence-electron chi connectivity index (χ0n) is 14.1. The predicted molar refractivity (Wildman–Crippen MR) is 90.8 cm³/mol. The Hall–Kier alpha value is -2.43. The largest absolute Gasteiger partial charge is 0.321 e. The fourth-order valence-electron chi connectivity index (χ4n) is 2.60. The highest BCUT2D eigenvalue weighted by atomic mass is 19.1. The molecule has 1 heterocycles. The Balaban J connectivity index is 2.36. The first-order valence-corrected chi connectivity index (χ1v) is 7.59. The molecule has 0 unspecified atom stereocenters. The number of nitrogens with zero attached hydrogens (tertiary/aromatic N) is 2. The van der Waals surface area contributed by atoms with Crippen LogP contribution in [0.1, 0.15) is 42.4 Å². The molecule has 1 aromatic heterocycles. The van der Waals surface area contributed by atoms with Gasteiger partial charge in [-0.1, -0.05) is 38.1 Å². The number of anilines is 1. The van der Waals surface area contributed by atoms with Gasteiger partial charge in [-0.15, -0.1) is 0 Å². The van der Waals surface area contributed by atoms with Crippen molar-refractivity contribution < 1.29 is 9.18 Å². The standard InChI is InChI=1S/C18H22FN3O/c1-11(2)10-12(3)14-8-6-7-9-15(14)20-18(23)16-13(4)21-22(5)17(16)19/h6-11H,1-5H3,(H,20,23)/b12-10+. The fourth-order valence-corrected chi connectivity index (χ4v) is 2.60. The van der Waals surface area contributed by atoms with Crippen molar-refractivity contribution in [2.45, 2.75) is 27.7 Å². The van der Waals surface area contributed by atoms with Gasteiger partial charge >= 0.3 is 0 Å². The number of allylic oxidation sites excluding steroid dienone is 2. The molecule has 2 aromatic rings. The molecule has 4 nitrogen and oxygen atoms in total. The number of carbonyl (C=O) groups is 1. The second kappa shape index (κ2) is 6.77. The third-order valence-electron chi connectivity index (χ3n) is 3.56. The minimum absolute atomic E-state index is 0.0206. The minimum Gasteiger partial charge on any atom is -0.321 e. The third kappa shape index (κ3) is 3.67. The molecular weight excluding hydrogens is 293 g/mol. The molecule has 0 saturated carbocycles. The van der Waals surface area contributed by atoms with E-state index in [9.17, 15) is 9.18 Å². The summed E-state index contributed by atoms with van der Waals surface area (Å²) in [6.07, 6.45) is 2.13. The molecule has 0 atom stereocenters. The molecule has 0 fully saturated rings. The molecule has 5 heteroatoms. The molecule has 1 N–H and O–H groups in total. The summed E-state index contributed by atoms with van der Waals surface area (Å²) in [6, 6.07) is 7.51. The first-order valence-electron chi connectivity index (χ1n) is 7.59. The number of amides is 1. The molecule has 0 radical (unpaired) electrons. The average molecular weight is 315 g/mol. The van der Waals surface area contributed by atoms with Crippen molar-refractivity contribution in [2.75, 3.05) is 5.32 Å². The van der Waals surface area contributed by atoms with E-state index in [1.807, 2.05) is 31.2 Å². The second-order valence-corrected chi connectivity index (χ2v) is 5.97. The summed E-state index contributed by atoms with van der Waals surface area (Å²) < 4.78 is 15.1. The Morgan fingerprint density at radius 1 is 1.35 bits per heavy atom. The number of aryl methyl sites for hydroxylation is 2. The van der Waals surface area contributed by atoms with Crippen LogP contribution in [-0.2, 0) is 7.05 Å². The van der Waals surface area contributed by atoms with Gasteiger partial charge < -0.3 is 5.32 Å². The van der Waals surface area contributed by atoms with E-state index in [1.54, 1.807) is 6.92 Å². The van der Waals surface area contributed by atoms with E-state index >= 15 is 0 Å². The highest BCUT2D eigenvalue weighted by Crippen LogP contribution is 2.25. The van der Waals surface area contributed by atoms with Gasteiger partial charge in [0.1, 0.15) is 5.56 Å². The summed E-state index contributed by atoms with van der Waals surface area (Å²) in [5.74, 6) is -0.721. The monoisotopic (exact) mass is 315 g/mol. The third-order valence-corrected chi connectivity index (χ3v) is 3.56. The summed E-state index contributed by atoms with van der Waals surface area (Å²) >= 11 is 0. The summed E-state index contributed by atoms with van der Waals surface area (Å²) in [5.41, 5.74) is 3.01. The van der Waals surface area contributed by atoms with Crippen molar-refractivity contribution in [1.82, 2.24) is 9.78 Å². The first kappa shape index (κ1) is 16.9. The van der Waals surface area contributed by atoms with E-state index in [-0.39, 0.29) is 5.56 Å². The van der Waals surface area contributed by atoms with Crippen LogP contribution >= 0.6 is 0 Å². The fraction of sp³-hybridized carbons (Fsp3) is 0.333. The van der Waals surface area contributed by atoms with Crippen LogP contribution in [0.3, 0.4) is 0 Å². The van der Waals surface area contributed by atoms with Gasteiger partial charge in [0.15, 0.2) is 0 Å². The Labute approximate surface area is 136 Å². The van der Waals surface area contributed by atoms with Crippen LogP contribution in [0.5, 0.6) is 0 Å². The van der Waals surface area contributed by atoms with Gasteiger partial charge in [0.2, 0.25) is 5.95 Å². The Bertz CT molecular complexity index is 760. The predicted octanol–water partition coefficient (Wildman–Crippen LogP) is 4.18. The SMILES string of the molecule is C/C(=C\C(C)C)c1ccccc1NC(=O)c1c(C)nn(C)c1F. The van der Waals surface area contributed by atoms with Crippen molar-refractivity contribution in [2.24, 2.45) is 13.0 Å². The number of hydrogen-bond donors (Lipinski definition) is 1. The summed E-state index contributed by atoms with van der Waals surface area (Å²) in [7, 11) is 1.47. The normalized spacial score (nSPS) is 11.9. The lowest BCUT2D eigenvalue weighted by Gasteiger charge is -2.12. The maximum atomic E-state index is 14.0. The topological polar surface area (TPSA) is 46.9 Å². The number of nitrogens with one attached hydrogen (secondary N) is 1. The molecule has 0 aliphatic heterocycles. The first-order chi connectivity index (χ1) is 10.8. The van der Waals surface area contributed by atoms with Crippen molar-refractivity contribution in [3.05, 3.63) is 53.1 Å². The highest BCUT2D eigenvalue weighted by Gasteiger charge is 2.21. The van der Waals surface area contributed by atoms with Crippen molar-refractivity contribution in [3.8, 4) is 0 Å². The summed E-state index contributed by atoms with van der Waals surface area (Å²) in [4.78, 5) is 12.4. The van der Waals surface area contributed by atoms with Crippen LogP contribution in [0.4, 0.5) is 10.1 Å². The van der Waals surface area contributed by atoms with Gasteiger partial charge in [-0.05, 0) is 31.4 Å². The van der Waals surface area contributed by atoms with Gasteiger partial charge in [0.05, 0.1) is 5.69 Å². The number of halogens is 1. The molecule has 0 saturated heterocycles. The van der Waals surface area contributed by atoms with Gasteiger partial charge in [0.25, 0.3) is 5.91 Å². The Kier molecular flexibility index (Phi) is 4.98. The number of hydrogen-bond acceptors (Lipinski definition) is 2. The lowest BCUT2D eigenvalue weighted by atomic mass is 10.0. The zero-order valence-corrected chi connectivity index (χ0v) is 14.1. The average Bonchev–Trinajstić information content (AvgIpc) is 2.71. The lowest BCUT2D eigenvalue weighted by Crippen LogP contribution is -2.15. The molecule has 0 spiro atoms. The van der Waals surface area contributed by atoms with Crippen molar-refractivity contribution in [1.29, 1.82) is 0 Å². The van der Waals surface area contributed by atoms with Crippen LogP contribution in [0.15, 0.2) is 30.3 Å². The quantitative estimate of drug-likeness (QED) is 0.920. The molecule has 122 valence electrons. The molecule has 0 aliphatic carbocycles. The Morgan fingerprint density at radius 3 is 2.57 bits per heavy atom. The molecule has 23 heavy (non-hydrogen) atoms. The maximum absolute atomic E-state index is 14.0. The number of para-hydroxylation sites is 1. The summed E-state index contributed by atoms with van der Waals surface area (Å²) in [5, 5.41) is 6.74. The maximum Gasteiger partial charge on any atom is 0.262 e. The second-order valence-electron chi connectivity index (χ2n) is 5.97. The molecular formula is C18H22FN3O. The lowest BCUT2D eigenvalue weighted by molar-refractivity contribution is 0.102. The highest BCUT2D eigenvalue weighted by molar-refractivity contribution is 6.06. The minimum atomic E-state index is -0.632. The van der Waals surface area contributed by atoms with Gasteiger partial charge in [0, 0.05) is 18.3 Å². The molecule has 0 bridgehead atoms. The molecule has 2 rings (SSSR count). The van der Waals surface area contributed by atoms with Crippen molar-refractivity contribution in [3.63, 3.8) is 0 Å². The van der Waals surface area contributed by atoms with Crippen molar-refractivity contribution >= 4 is 17.2 Å². The van der Waals surface area contributed by atoms with Crippen LogP contribution in [-0.4, -0.2) is 15.7 Å². The van der Waals surface area contributed by atoms with E-state index in [4.69, 9.17) is 0 Å². The number of rotatable bonds is 4. The van der Waals surface area contributed by atoms with E-state index < -0.39 is 11.9 Å². The van der Waals surface area contributed by atoms with Crippen LogP contribution in [0, 0.1) is 18.8 Å². The zero-order chi connectivity index (χ0) is 17.1. The van der Waals surface area contributed by atoms with Crippen LogP contribution in [0.25, 0.3) is 5.57 Å². The molecule has 0 aliphatic rings. The number of benzene rings is 1. The Morgan fingerprint density at radius 2 is 2.00 bits per heavy atom. The van der Waals surface area contributed by atoms with Gasteiger partial charge in [-0.2, -0.15) is 9.49 Å². The van der Waals surface area contributed by atoms with E-state index in [1.165, 1.54) is 7.05 Å². The molecule has 1 aromatic carbocycles. The summed E-state index contributed by atoms with van der Waals surface area (Å²) in [6.45, 7) is 7.81. The van der Waals surface area contributed by atoms with Crippen LogP contribution < -0.4 is 5.32 Å². The number of carbonyl (C=O) groups excluding carboxylic acids is 1. The van der Waals surface area contributed by atoms with E-state index in [2.05, 4.69) is 30.3 Å². The number of aromatic nitrogens is 2. The van der Waals surface area contributed by atoms with Crippen LogP contribution in [0.2, 0.25) is 0 Å². The molecule has 1 amide bonds. The van der Waals surface area contributed by atoms with Gasteiger partial charge in [-0.25, -0.2) is 4.68 Å². The smallest absolute Gasteiger partial charge is 0.262 e.